The zero-order valence-corrected chi connectivity index (χ0v) is 9.07. The van der Waals surface area contributed by atoms with Crippen molar-refractivity contribution in [1.29, 1.82) is 0 Å². The Bertz CT molecular complexity index is 323. The topological polar surface area (TPSA) is 52.1 Å². The zero-order valence-electron chi connectivity index (χ0n) is 8.26. The number of rotatable bonds is 3. The average molecular weight is 224 g/mol. The number of thioether (sulfide) groups is 1. The SMILES string of the molecule is O=Cc1cnc(SC2CCOCC2)nc1. The Morgan fingerprint density at radius 2 is 2.00 bits per heavy atom. The van der Waals surface area contributed by atoms with Gasteiger partial charge in [0.25, 0.3) is 0 Å². The van der Waals surface area contributed by atoms with Gasteiger partial charge in [0, 0.05) is 30.9 Å². The molecule has 4 nitrogen and oxygen atoms in total. The summed E-state index contributed by atoms with van der Waals surface area (Å²) in [5.74, 6) is 0. The van der Waals surface area contributed by atoms with E-state index in [4.69, 9.17) is 4.74 Å². The maximum atomic E-state index is 10.4. The lowest BCUT2D eigenvalue weighted by atomic mass is 10.2. The van der Waals surface area contributed by atoms with Gasteiger partial charge in [0.05, 0.1) is 5.56 Å². The fourth-order valence-electron chi connectivity index (χ4n) is 1.39. The van der Waals surface area contributed by atoms with Gasteiger partial charge in [-0.15, -0.1) is 0 Å². The van der Waals surface area contributed by atoms with Gasteiger partial charge < -0.3 is 4.74 Å². The predicted molar refractivity (Wildman–Crippen MR) is 57.1 cm³/mol. The third kappa shape index (κ3) is 3.00. The summed E-state index contributed by atoms with van der Waals surface area (Å²) in [7, 11) is 0. The van der Waals surface area contributed by atoms with Crippen molar-refractivity contribution in [3.05, 3.63) is 18.0 Å². The Labute approximate surface area is 92.5 Å². The number of aromatic nitrogens is 2. The van der Waals surface area contributed by atoms with Crippen molar-refractivity contribution in [2.45, 2.75) is 23.2 Å². The third-order valence-corrected chi connectivity index (χ3v) is 3.45. The van der Waals surface area contributed by atoms with E-state index in [0.29, 0.717) is 10.8 Å². The van der Waals surface area contributed by atoms with Gasteiger partial charge in [-0.3, -0.25) is 4.79 Å². The first-order chi connectivity index (χ1) is 7.38. The number of carbonyl (C=O) groups excluding carboxylic acids is 1. The van der Waals surface area contributed by atoms with E-state index >= 15 is 0 Å². The van der Waals surface area contributed by atoms with Gasteiger partial charge in [-0.2, -0.15) is 0 Å². The fourth-order valence-corrected chi connectivity index (χ4v) is 2.34. The van der Waals surface area contributed by atoms with Crippen LogP contribution in [-0.2, 0) is 4.74 Å². The van der Waals surface area contributed by atoms with Crippen LogP contribution in [-0.4, -0.2) is 34.7 Å². The minimum Gasteiger partial charge on any atom is -0.381 e. The van der Waals surface area contributed by atoms with Crippen molar-refractivity contribution < 1.29 is 9.53 Å². The Morgan fingerprint density at radius 1 is 1.33 bits per heavy atom. The van der Waals surface area contributed by atoms with E-state index in [0.717, 1.165) is 37.5 Å². The molecule has 1 aliphatic heterocycles. The van der Waals surface area contributed by atoms with Crippen molar-refractivity contribution in [3.63, 3.8) is 0 Å². The third-order valence-electron chi connectivity index (χ3n) is 2.22. The molecule has 0 saturated carbocycles. The van der Waals surface area contributed by atoms with Gasteiger partial charge >= 0.3 is 0 Å². The molecule has 0 radical (unpaired) electrons. The molecule has 1 saturated heterocycles. The first-order valence-corrected chi connectivity index (χ1v) is 5.78. The van der Waals surface area contributed by atoms with E-state index in [-0.39, 0.29) is 0 Å². The molecule has 0 amide bonds. The lowest BCUT2D eigenvalue weighted by Gasteiger charge is -2.20. The van der Waals surface area contributed by atoms with Crippen molar-refractivity contribution >= 4 is 18.0 Å². The molecule has 0 atom stereocenters. The molecular formula is C10H12N2O2S. The highest BCUT2D eigenvalue weighted by atomic mass is 32.2. The molecule has 0 N–H and O–H groups in total. The lowest BCUT2D eigenvalue weighted by Crippen LogP contribution is -2.17. The molecule has 0 bridgehead atoms. The van der Waals surface area contributed by atoms with Crippen LogP contribution in [0.4, 0.5) is 0 Å². The summed E-state index contributed by atoms with van der Waals surface area (Å²) in [5, 5.41) is 1.29. The maximum Gasteiger partial charge on any atom is 0.187 e. The fraction of sp³-hybridized carbons (Fsp3) is 0.500. The largest absolute Gasteiger partial charge is 0.381 e. The summed E-state index contributed by atoms with van der Waals surface area (Å²) >= 11 is 1.67. The van der Waals surface area contributed by atoms with Crippen LogP contribution in [0.1, 0.15) is 23.2 Å². The molecule has 15 heavy (non-hydrogen) atoms. The van der Waals surface area contributed by atoms with Gasteiger partial charge in [0.15, 0.2) is 11.4 Å². The maximum absolute atomic E-state index is 10.4. The summed E-state index contributed by atoms with van der Waals surface area (Å²) < 4.78 is 5.27. The molecule has 2 heterocycles. The second kappa shape index (κ2) is 5.23. The van der Waals surface area contributed by atoms with Gasteiger partial charge in [0.1, 0.15) is 0 Å². The Kier molecular flexibility index (Phi) is 3.69. The van der Waals surface area contributed by atoms with E-state index in [1.54, 1.807) is 24.2 Å². The number of nitrogens with zero attached hydrogens (tertiary/aromatic N) is 2. The standard InChI is InChI=1S/C10H12N2O2S/c13-7-8-5-11-10(12-6-8)15-9-1-3-14-4-2-9/h5-7,9H,1-4H2. The molecule has 80 valence electrons. The van der Waals surface area contributed by atoms with Crippen LogP contribution < -0.4 is 0 Å². The van der Waals surface area contributed by atoms with Crippen LogP contribution in [0.3, 0.4) is 0 Å². The number of aldehydes is 1. The molecule has 1 fully saturated rings. The lowest BCUT2D eigenvalue weighted by molar-refractivity contribution is 0.1000. The highest BCUT2D eigenvalue weighted by molar-refractivity contribution is 7.99. The number of ether oxygens (including phenoxy) is 1. The second-order valence-electron chi connectivity index (χ2n) is 3.35. The molecule has 1 aliphatic rings. The first-order valence-electron chi connectivity index (χ1n) is 4.90. The predicted octanol–water partition coefficient (Wildman–Crippen LogP) is 1.56. The monoisotopic (exact) mass is 224 g/mol. The molecule has 1 aromatic heterocycles. The summed E-state index contributed by atoms with van der Waals surface area (Å²) in [6, 6.07) is 0. The van der Waals surface area contributed by atoms with Crippen LogP contribution in [0.2, 0.25) is 0 Å². The Morgan fingerprint density at radius 3 is 2.60 bits per heavy atom. The summed E-state index contributed by atoms with van der Waals surface area (Å²) in [4.78, 5) is 18.7. The van der Waals surface area contributed by atoms with Crippen LogP contribution in [0, 0.1) is 0 Å². The van der Waals surface area contributed by atoms with Gasteiger partial charge in [-0.05, 0) is 12.8 Å². The van der Waals surface area contributed by atoms with E-state index < -0.39 is 0 Å². The Hall–Kier alpha value is -0.940. The highest BCUT2D eigenvalue weighted by Crippen LogP contribution is 2.26. The molecule has 0 aromatic carbocycles. The molecule has 1 aromatic rings. The van der Waals surface area contributed by atoms with E-state index in [9.17, 15) is 4.79 Å². The zero-order chi connectivity index (χ0) is 10.5. The number of hydrogen-bond donors (Lipinski definition) is 0. The van der Waals surface area contributed by atoms with Crippen molar-refractivity contribution in [2.75, 3.05) is 13.2 Å². The van der Waals surface area contributed by atoms with Crippen LogP contribution in [0.5, 0.6) is 0 Å². The van der Waals surface area contributed by atoms with E-state index in [1.165, 1.54) is 0 Å². The van der Waals surface area contributed by atoms with Gasteiger partial charge in [-0.25, -0.2) is 9.97 Å². The quantitative estimate of drug-likeness (QED) is 0.576. The highest BCUT2D eigenvalue weighted by Gasteiger charge is 2.16. The summed E-state index contributed by atoms with van der Waals surface area (Å²) in [6.07, 6.45) is 5.96. The Balaban J connectivity index is 1.94. The average Bonchev–Trinajstić information content (AvgIpc) is 2.31. The minimum absolute atomic E-state index is 0.520. The minimum atomic E-state index is 0.520. The number of hydrogen-bond acceptors (Lipinski definition) is 5. The molecule has 0 spiro atoms. The van der Waals surface area contributed by atoms with Crippen molar-refractivity contribution in [1.82, 2.24) is 9.97 Å². The summed E-state index contributed by atoms with van der Waals surface area (Å²) in [6.45, 7) is 1.65. The smallest absolute Gasteiger partial charge is 0.187 e. The van der Waals surface area contributed by atoms with Crippen LogP contribution in [0.25, 0.3) is 0 Å². The normalized spacial score (nSPS) is 17.6. The van der Waals surface area contributed by atoms with E-state index in [2.05, 4.69) is 9.97 Å². The van der Waals surface area contributed by atoms with Crippen molar-refractivity contribution in [3.8, 4) is 0 Å². The molecule has 0 unspecified atom stereocenters. The van der Waals surface area contributed by atoms with Gasteiger partial charge in [0.2, 0.25) is 0 Å². The van der Waals surface area contributed by atoms with Gasteiger partial charge in [-0.1, -0.05) is 11.8 Å². The number of carbonyl (C=O) groups is 1. The molecule has 2 rings (SSSR count). The summed E-state index contributed by atoms with van der Waals surface area (Å²) in [5.41, 5.74) is 0.520. The van der Waals surface area contributed by atoms with Crippen molar-refractivity contribution in [2.24, 2.45) is 0 Å². The first kappa shape index (κ1) is 10.6. The molecule has 0 aliphatic carbocycles. The molecule has 5 heteroatoms. The van der Waals surface area contributed by atoms with E-state index in [1.807, 2.05) is 0 Å². The van der Waals surface area contributed by atoms with Crippen LogP contribution in [0.15, 0.2) is 17.6 Å². The second-order valence-corrected chi connectivity index (χ2v) is 4.61. The molecular weight excluding hydrogens is 212 g/mol. The van der Waals surface area contributed by atoms with Crippen LogP contribution >= 0.6 is 11.8 Å².